The molecule has 2 aromatic rings. The number of carboxylic acids is 1. The van der Waals surface area contributed by atoms with Crippen LogP contribution < -0.4 is 4.74 Å². The first-order chi connectivity index (χ1) is 13.8. The fourth-order valence-electron chi connectivity index (χ4n) is 2.72. The van der Waals surface area contributed by atoms with Gasteiger partial charge in [0.05, 0.1) is 12.2 Å². The smallest absolute Gasteiger partial charge is 0.335 e. The van der Waals surface area contributed by atoms with Crippen LogP contribution >= 0.6 is 0 Å². The number of hydrogen-bond acceptors (Lipinski definition) is 3. The second-order valence-corrected chi connectivity index (χ2v) is 6.51. The maximum absolute atomic E-state index is 14.2. The number of aromatic carboxylic acids is 1. The minimum Gasteiger partial charge on any atom is -0.487 e. The summed E-state index contributed by atoms with van der Waals surface area (Å²) in [4.78, 5) is 22.9. The number of carboxylic acid groups (broad SMARTS) is 1. The molecular weight excluding hydrogens is 392 g/mol. The lowest BCUT2D eigenvalue weighted by molar-refractivity contribution is -0.117. The summed E-state index contributed by atoms with van der Waals surface area (Å²) in [5.41, 5.74) is -0.595. The Labute approximate surface area is 165 Å². The van der Waals surface area contributed by atoms with Gasteiger partial charge in [-0.25, -0.2) is 13.6 Å². The molecule has 1 N–H and O–H groups in total. The average Bonchev–Trinajstić information content (AvgIpc) is 2.69. The lowest BCUT2D eigenvalue weighted by atomic mass is 10.0. The van der Waals surface area contributed by atoms with Crippen molar-refractivity contribution in [1.29, 1.82) is 0 Å². The molecule has 0 heterocycles. The Hall–Kier alpha value is -2.90. The van der Waals surface area contributed by atoms with Crippen LogP contribution in [0.3, 0.4) is 0 Å². The van der Waals surface area contributed by atoms with Gasteiger partial charge in [0.2, 0.25) is 11.6 Å². The zero-order chi connectivity index (χ0) is 21.6. The van der Waals surface area contributed by atoms with Gasteiger partial charge in [-0.05, 0) is 24.1 Å². The third-order valence-corrected chi connectivity index (χ3v) is 4.28. The van der Waals surface area contributed by atoms with Crippen molar-refractivity contribution < 1.29 is 37.0 Å². The zero-order valence-electron chi connectivity index (χ0n) is 15.7. The standard InChI is InChI=1S/C21H20F4O4/c1-2-3-4-9-29-20-18(24)16(22)15(17(23)19(20)25)11-14(26)10-12-5-7-13(8-6-12)21(27)28/h5-8H,2-4,9-11H2,1H3,(H,27,28). The van der Waals surface area contributed by atoms with E-state index >= 15 is 0 Å². The van der Waals surface area contributed by atoms with E-state index in [9.17, 15) is 27.2 Å². The van der Waals surface area contributed by atoms with E-state index in [2.05, 4.69) is 0 Å². The number of rotatable bonds is 10. The molecule has 0 aromatic heterocycles. The molecule has 2 rings (SSSR count). The van der Waals surface area contributed by atoms with E-state index in [1.54, 1.807) is 0 Å². The predicted octanol–water partition coefficient (Wildman–Crippen LogP) is 4.86. The summed E-state index contributed by atoms with van der Waals surface area (Å²) >= 11 is 0. The highest BCUT2D eigenvalue weighted by Crippen LogP contribution is 2.30. The number of ketones is 1. The van der Waals surface area contributed by atoms with Gasteiger partial charge in [0, 0.05) is 18.4 Å². The SMILES string of the molecule is CCCCCOc1c(F)c(F)c(CC(=O)Cc2ccc(C(=O)O)cc2)c(F)c1F. The number of benzene rings is 2. The van der Waals surface area contributed by atoms with E-state index in [0.717, 1.165) is 12.8 Å². The quantitative estimate of drug-likeness (QED) is 0.344. The van der Waals surface area contributed by atoms with Crippen molar-refractivity contribution in [3.8, 4) is 5.75 Å². The Morgan fingerprint density at radius 3 is 2.00 bits per heavy atom. The van der Waals surface area contributed by atoms with Gasteiger partial charge >= 0.3 is 5.97 Å². The average molecular weight is 412 g/mol. The Morgan fingerprint density at radius 1 is 0.897 bits per heavy atom. The summed E-state index contributed by atoms with van der Waals surface area (Å²) in [7, 11) is 0. The van der Waals surface area contributed by atoms with Gasteiger partial charge in [0.25, 0.3) is 0 Å². The number of hydrogen-bond donors (Lipinski definition) is 1. The molecule has 0 aliphatic rings. The Balaban J connectivity index is 2.15. The minimum absolute atomic E-state index is 0.0111. The fourth-order valence-corrected chi connectivity index (χ4v) is 2.72. The summed E-state index contributed by atoms with van der Waals surface area (Å²) < 4.78 is 61.6. The van der Waals surface area contributed by atoms with Crippen LogP contribution in [-0.4, -0.2) is 23.5 Å². The first kappa shape index (κ1) is 22.4. The van der Waals surface area contributed by atoms with Gasteiger partial charge in [-0.3, -0.25) is 4.79 Å². The summed E-state index contributed by atoms with van der Waals surface area (Å²) in [6.07, 6.45) is 0.893. The van der Waals surface area contributed by atoms with Crippen molar-refractivity contribution in [2.75, 3.05) is 6.61 Å². The largest absolute Gasteiger partial charge is 0.487 e. The Kier molecular flexibility index (Phi) is 7.75. The maximum Gasteiger partial charge on any atom is 0.335 e. The predicted molar refractivity (Wildman–Crippen MR) is 97.1 cm³/mol. The zero-order valence-corrected chi connectivity index (χ0v) is 15.7. The number of unbranched alkanes of at least 4 members (excludes halogenated alkanes) is 2. The van der Waals surface area contributed by atoms with Crippen LogP contribution in [0.25, 0.3) is 0 Å². The van der Waals surface area contributed by atoms with E-state index in [4.69, 9.17) is 9.84 Å². The molecule has 4 nitrogen and oxygen atoms in total. The van der Waals surface area contributed by atoms with E-state index in [1.807, 2.05) is 6.92 Å². The number of halogens is 4. The summed E-state index contributed by atoms with van der Waals surface area (Å²) in [5.74, 6) is -9.64. The van der Waals surface area contributed by atoms with Crippen molar-refractivity contribution in [1.82, 2.24) is 0 Å². The van der Waals surface area contributed by atoms with E-state index in [-0.39, 0.29) is 18.6 Å². The molecule has 0 amide bonds. The van der Waals surface area contributed by atoms with Crippen LogP contribution in [0, 0.1) is 23.3 Å². The first-order valence-corrected chi connectivity index (χ1v) is 9.07. The number of Topliss-reactive ketones (excluding diaryl/α,β-unsaturated/α-hetero) is 1. The Bertz CT molecular complexity index is 866. The molecule has 0 aliphatic carbocycles. The summed E-state index contributed by atoms with van der Waals surface area (Å²) in [6.45, 7) is 1.82. The monoisotopic (exact) mass is 412 g/mol. The van der Waals surface area contributed by atoms with Crippen molar-refractivity contribution in [2.45, 2.75) is 39.0 Å². The van der Waals surface area contributed by atoms with E-state index in [0.29, 0.717) is 12.0 Å². The molecule has 0 atom stereocenters. The molecule has 0 unspecified atom stereocenters. The molecule has 8 heteroatoms. The summed E-state index contributed by atoms with van der Waals surface area (Å²) in [6, 6.07) is 5.30. The second kappa shape index (κ2) is 10.0. The maximum atomic E-state index is 14.2. The van der Waals surface area contributed by atoms with Gasteiger partial charge in [-0.15, -0.1) is 0 Å². The van der Waals surface area contributed by atoms with Crippen LogP contribution in [0.4, 0.5) is 17.6 Å². The third-order valence-electron chi connectivity index (χ3n) is 4.28. The van der Waals surface area contributed by atoms with Crippen molar-refractivity contribution in [3.05, 3.63) is 64.2 Å². The molecule has 0 spiro atoms. The molecule has 2 aromatic carbocycles. The molecule has 29 heavy (non-hydrogen) atoms. The van der Waals surface area contributed by atoms with Crippen LogP contribution in [0.5, 0.6) is 5.75 Å². The van der Waals surface area contributed by atoms with Crippen molar-refractivity contribution in [2.24, 2.45) is 0 Å². The minimum atomic E-state index is -1.67. The lowest BCUT2D eigenvalue weighted by Crippen LogP contribution is -2.14. The molecular formula is C21H20F4O4. The highest BCUT2D eigenvalue weighted by atomic mass is 19.2. The van der Waals surface area contributed by atoms with Gasteiger partial charge < -0.3 is 9.84 Å². The second-order valence-electron chi connectivity index (χ2n) is 6.51. The van der Waals surface area contributed by atoms with E-state index in [1.165, 1.54) is 24.3 Å². The van der Waals surface area contributed by atoms with Gasteiger partial charge in [-0.2, -0.15) is 8.78 Å². The fraction of sp³-hybridized carbons (Fsp3) is 0.333. The number of carbonyl (C=O) groups excluding carboxylic acids is 1. The summed E-state index contributed by atoms with van der Waals surface area (Å²) in [5, 5.41) is 8.84. The lowest BCUT2D eigenvalue weighted by Gasteiger charge is -2.13. The number of carbonyl (C=O) groups is 2. The Morgan fingerprint density at radius 2 is 1.48 bits per heavy atom. The van der Waals surface area contributed by atoms with E-state index < -0.39 is 52.8 Å². The molecule has 0 fully saturated rings. The van der Waals surface area contributed by atoms with Crippen LogP contribution in [0.15, 0.2) is 24.3 Å². The number of ether oxygens (including phenoxy) is 1. The van der Waals surface area contributed by atoms with Crippen molar-refractivity contribution in [3.63, 3.8) is 0 Å². The topological polar surface area (TPSA) is 63.6 Å². The molecule has 156 valence electrons. The molecule has 0 saturated heterocycles. The molecule has 0 aliphatic heterocycles. The van der Waals surface area contributed by atoms with Crippen LogP contribution in [0.1, 0.15) is 47.7 Å². The van der Waals surface area contributed by atoms with Gasteiger partial charge in [-0.1, -0.05) is 31.9 Å². The highest BCUT2D eigenvalue weighted by Gasteiger charge is 2.27. The van der Waals surface area contributed by atoms with Crippen molar-refractivity contribution >= 4 is 11.8 Å². The van der Waals surface area contributed by atoms with Crippen LogP contribution in [0.2, 0.25) is 0 Å². The third kappa shape index (κ3) is 5.56. The highest BCUT2D eigenvalue weighted by molar-refractivity contribution is 5.88. The van der Waals surface area contributed by atoms with Gasteiger partial charge in [0.1, 0.15) is 5.78 Å². The first-order valence-electron chi connectivity index (χ1n) is 9.07. The van der Waals surface area contributed by atoms with Gasteiger partial charge in [0.15, 0.2) is 17.4 Å². The molecule has 0 radical (unpaired) electrons. The normalized spacial score (nSPS) is 10.8. The molecule has 0 saturated carbocycles. The molecule has 0 bridgehead atoms. The van der Waals surface area contributed by atoms with Crippen LogP contribution in [-0.2, 0) is 17.6 Å².